The van der Waals surface area contributed by atoms with E-state index in [-0.39, 0.29) is 11.0 Å². The van der Waals surface area contributed by atoms with Crippen LogP contribution in [0.4, 0.5) is 0 Å². The van der Waals surface area contributed by atoms with Gasteiger partial charge in [0.1, 0.15) is 0 Å². The molecule has 1 aliphatic heterocycles. The molecule has 0 aliphatic carbocycles. The summed E-state index contributed by atoms with van der Waals surface area (Å²) in [5.41, 5.74) is 0. The fourth-order valence-electron chi connectivity index (χ4n) is 2.62. The molecule has 2 aromatic rings. The molecule has 0 radical (unpaired) electrons. The zero-order valence-electron chi connectivity index (χ0n) is 12.5. The average Bonchev–Trinajstić information content (AvgIpc) is 3.20. The van der Waals surface area contributed by atoms with Gasteiger partial charge in [0, 0.05) is 29.6 Å². The topological polar surface area (TPSA) is 46.6 Å². The highest BCUT2D eigenvalue weighted by atomic mass is 35.5. The lowest BCUT2D eigenvalue weighted by Crippen LogP contribution is -2.36. The molecule has 1 aliphatic rings. The predicted molar refractivity (Wildman–Crippen MR) is 92.3 cm³/mol. The van der Waals surface area contributed by atoms with Crippen LogP contribution in [0.1, 0.15) is 17.7 Å². The van der Waals surface area contributed by atoms with Crippen LogP contribution in [-0.4, -0.2) is 32.0 Å². The molecular weight excluding hydrogens is 354 g/mol. The summed E-state index contributed by atoms with van der Waals surface area (Å²) in [5.74, 6) is 0. The van der Waals surface area contributed by atoms with E-state index < -0.39 is 10.0 Å². The molecule has 0 bridgehead atoms. The highest BCUT2D eigenvalue weighted by Crippen LogP contribution is 2.25. The first-order valence-electron chi connectivity index (χ1n) is 7.45. The van der Waals surface area contributed by atoms with Crippen molar-refractivity contribution in [3.8, 4) is 0 Å². The van der Waals surface area contributed by atoms with Crippen LogP contribution in [0, 0.1) is 0 Å². The maximum Gasteiger partial charge on any atom is 0.243 e. The molecule has 1 aromatic heterocycles. The number of halogens is 1. The van der Waals surface area contributed by atoms with Gasteiger partial charge in [-0.15, -0.1) is 11.3 Å². The van der Waals surface area contributed by atoms with Gasteiger partial charge in [-0.25, -0.2) is 8.42 Å². The molecule has 1 fully saturated rings. The summed E-state index contributed by atoms with van der Waals surface area (Å²) in [5, 5.41) is 2.37. The molecule has 124 valence electrons. The molecular formula is C16H18ClNO3S2. The SMILES string of the molecule is O=S(=O)(c1cccc(Cl)c1)N(Cc1cccs1)CC1CCCO1. The maximum atomic E-state index is 13.0. The van der Waals surface area contributed by atoms with Crippen LogP contribution in [0.25, 0.3) is 0 Å². The second kappa shape index (κ2) is 7.32. The van der Waals surface area contributed by atoms with Gasteiger partial charge in [0.15, 0.2) is 0 Å². The molecule has 2 heterocycles. The Labute approximate surface area is 145 Å². The van der Waals surface area contributed by atoms with Gasteiger partial charge in [-0.1, -0.05) is 23.7 Å². The van der Waals surface area contributed by atoms with Gasteiger partial charge in [-0.2, -0.15) is 4.31 Å². The van der Waals surface area contributed by atoms with Crippen LogP contribution in [0.2, 0.25) is 5.02 Å². The van der Waals surface area contributed by atoms with Gasteiger partial charge in [-0.3, -0.25) is 0 Å². The van der Waals surface area contributed by atoms with Gasteiger partial charge >= 0.3 is 0 Å². The van der Waals surface area contributed by atoms with E-state index in [0.29, 0.717) is 24.7 Å². The molecule has 1 atom stereocenters. The van der Waals surface area contributed by atoms with Crippen molar-refractivity contribution in [2.24, 2.45) is 0 Å². The van der Waals surface area contributed by atoms with Crippen LogP contribution in [0.5, 0.6) is 0 Å². The molecule has 0 saturated carbocycles. The van der Waals surface area contributed by atoms with E-state index in [9.17, 15) is 8.42 Å². The number of hydrogen-bond acceptors (Lipinski definition) is 4. The fraction of sp³-hybridized carbons (Fsp3) is 0.375. The molecule has 1 unspecified atom stereocenters. The number of rotatable bonds is 6. The Kier molecular flexibility index (Phi) is 5.38. The number of nitrogens with zero attached hydrogens (tertiary/aromatic N) is 1. The van der Waals surface area contributed by atoms with E-state index in [0.717, 1.165) is 17.7 Å². The number of thiophene rings is 1. The van der Waals surface area contributed by atoms with E-state index in [1.54, 1.807) is 29.5 Å². The van der Waals surface area contributed by atoms with Crippen molar-refractivity contribution in [1.29, 1.82) is 0 Å². The zero-order valence-corrected chi connectivity index (χ0v) is 14.9. The van der Waals surface area contributed by atoms with Gasteiger partial charge in [-0.05, 0) is 42.5 Å². The monoisotopic (exact) mass is 371 g/mol. The summed E-state index contributed by atoms with van der Waals surface area (Å²) in [6.07, 6.45) is 1.84. The summed E-state index contributed by atoms with van der Waals surface area (Å²) in [7, 11) is -3.61. The van der Waals surface area contributed by atoms with E-state index in [4.69, 9.17) is 16.3 Å². The van der Waals surface area contributed by atoms with Crippen LogP contribution < -0.4 is 0 Å². The predicted octanol–water partition coefficient (Wildman–Crippen LogP) is 3.77. The first kappa shape index (κ1) is 16.9. The minimum Gasteiger partial charge on any atom is -0.377 e. The largest absolute Gasteiger partial charge is 0.377 e. The Balaban J connectivity index is 1.88. The second-order valence-electron chi connectivity index (χ2n) is 5.47. The molecule has 1 saturated heterocycles. The Bertz CT molecular complexity index is 740. The van der Waals surface area contributed by atoms with E-state index in [2.05, 4.69) is 0 Å². The lowest BCUT2D eigenvalue weighted by atomic mass is 10.2. The van der Waals surface area contributed by atoms with Crippen molar-refractivity contribution in [1.82, 2.24) is 4.31 Å². The quantitative estimate of drug-likeness (QED) is 0.776. The minimum absolute atomic E-state index is 0.0380. The highest BCUT2D eigenvalue weighted by Gasteiger charge is 2.29. The summed E-state index contributed by atoms with van der Waals surface area (Å²) in [4.78, 5) is 1.23. The molecule has 0 amide bonds. The van der Waals surface area contributed by atoms with Crippen molar-refractivity contribution in [3.63, 3.8) is 0 Å². The van der Waals surface area contributed by atoms with Crippen molar-refractivity contribution >= 4 is 33.0 Å². The molecule has 0 spiro atoms. The first-order chi connectivity index (χ1) is 11.1. The van der Waals surface area contributed by atoms with Crippen LogP contribution in [0.3, 0.4) is 0 Å². The number of hydrogen-bond donors (Lipinski definition) is 0. The molecule has 0 N–H and O–H groups in total. The lowest BCUT2D eigenvalue weighted by Gasteiger charge is -2.24. The van der Waals surface area contributed by atoms with E-state index >= 15 is 0 Å². The van der Waals surface area contributed by atoms with Crippen LogP contribution >= 0.6 is 22.9 Å². The second-order valence-corrected chi connectivity index (χ2v) is 8.88. The summed E-state index contributed by atoms with van der Waals surface area (Å²) in [6.45, 7) is 1.42. The molecule has 4 nitrogen and oxygen atoms in total. The van der Waals surface area contributed by atoms with E-state index in [1.807, 2.05) is 17.5 Å². The van der Waals surface area contributed by atoms with Gasteiger partial charge < -0.3 is 4.74 Å². The third kappa shape index (κ3) is 4.14. The summed E-state index contributed by atoms with van der Waals surface area (Å²) in [6, 6.07) is 10.3. The Hall–Kier alpha value is -0.920. The smallest absolute Gasteiger partial charge is 0.243 e. The average molecular weight is 372 g/mol. The van der Waals surface area contributed by atoms with Crippen molar-refractivity contribution in [2.75, 3.05) is 13.2 Å². The maximum absolute atomic E-state index is 13.0. The number of ether oxygens (including phenoxy) is 1. The Morgan fingerprint density at radius 2 is 2.17 bits per heavy atom. The van der Waals surface area contributed by atoms with Crippen molar-refractivity contribution in [3.05, 3.63) is 51.7 Å². The molecule has 7 heteroatoms. The Morgan fingerprint density at radius 3 is 2.83 bits per heavy atom. The van der Waals surface area contributed by atoms with Gasteiger partial charge in [0.2, 0.25) is 10.0 Å². The molecule has 23 heavy (non-hydrogen) atoms. The highest BCUT2D eigenvalue weighted by molar-refractivity contribution is 7.89. The normalized spacial score (nSPS) is 18.6. The van der Waals surface area contributed by atoms with Crippen LogP contribution in [0.15, 0.2) is 46.7 Å². The van der Waals surface area contributed by atoms with Gasteiger partial charge in [0.05, 0.1) is 11.0 Å². The molecule has 1 aromatic carbocycles. The third-order valence-corrected chi connectivity index (χ3v) is 6.68. The Morgan fingerprint density at radius 1 is 1.30 bits per heavy atom. The lowest BCUT2D eigenvalue weighted by molar-refractivity contribution is 0.0927. The van der Waals surface area contributed by atoms with Crippen molar-refractivity contribution < 1.29 is 13.2 Å². The van der Waals surface area contributed by atoms with Crippen LogP contribution in [-0.2, 0) is 21.3 Å². The first-order valence-corrected chi connectivity index (χ1v) is 10.2. The zero-order chi connectivity index (χ0) is 16.3. The molecule has 3 rings (SSSR count). The fourth-order valence-corrected chi connectivity index (χ4v) is 5.17. The van der Waals surface area contributed by atoms with E-state index in [1.165, 1.54) is 10.4 Å². The van der Waals surface area contributed by atoms with Crippen molar-refractivity contribution in [2.45, 2.75) is 30.4 Å². The van der Waals surface area contributed by atoms with Gasteiger partial charge in [0.25, 0.3) is 0 Å². The number of sulfonamides is 1. The summed E-state index contributed by atoms with van der Waals surface area (Å²) < 4.78 is 33.2. The summed E-state index contributed by atoms with van der Waals surface area (Å²) >= 11 is 7.51. The third-order valence-electron chi connectivity index (χ3n) is 3.78. The minimum atomic E-state index is -3.61. The number of benzene rings is 1. The standard InChI is InChI=1S/C16H18ClNO3S2/c17-13-4-1-7-16(10-13)23(19,20)18(11-14-5-2-8-21-14)12-15-6-3-9-22-15/h1,3-4,6-7,9-10,14H,2,5,8,11-12H2.